The van der Waals surface area contributed by atoms with Crippen LogP contribution in [0, 0.1) is 5.82 Å². The summed E-state index contributed by atoms with van der Waals surface area (Å²) in [7, 11) is 1.59. The molecule has 0 saturated heterocycles. The smallest absolute Gasteiger partial charge is 0.416 e. The van der Waals surface area contributed by atoms with E-state index in [1.54, 1.807) is 13.1 Å². The Balaban J connectivity index is 1.82. The van der Waals surface area contributed by atoms with Gasteiger partial charge in [-0.15, -0.1) is 0 Å². The Morgan fingerprint density at radius 1 is 1.20 bits per heavy atom. The van der Waals surface area contributed by atoms with Gasteiger partial charge in [-0.1, -0.05) is 18.2 Å². The molecule has 0 fully saturated rings. The number of rotatable bonds is 8. The number of alkyl halides is 3. The molecule has 3 unspecified atom stereocenters. The fourth-order valence-electron chi connectivity index (χ4n) is 4.65. The van der Waals surface area contributed by atoms with Crippen molar-refractivity contribution in [2.24, 2.45) is 0 Å². The minimum absolute atomic E-state index is 0.0488. The van der Waals surface area contributed by atoms with Gasteiger partial charge >= 0.3 is 6.18 Å². The predicted octanol–water partition coefficient (Wildman–Crippen LogP) is 4.17. The summed E-state index contributed by atoms with van der Waals surface area (Å²) in [6.45, 7) is 0.274. The highest BCUT2D eigenvalue weighted by atomic mass is 32.2. The predicted molar refractivity (Wildman–Crippen MR) is 150 cm³/mol. The molecule has 226 valence electrons. The van der Waals surface area contributed by atoms with E-state index >= 15 is 0 Å². The topological polar surface area (TPSA) is 90.9 Å². The van der Waals surface area contributed by atoms with Gasteiger partial charge in [0.05, 0.1) is 24.3 Å². The number of ether oxygens (including phenoxy) is 1. The average molecular weight is 600 g/mol. The molecule has 2 bridgehead atoms. The highest BCUT2D eigenvalue weighted by molar-refractivity contribution is 7.98. The zero-order valence-corrected chi connectivity index (χ0v) is 24.0. The number of thioether (sulfide) groups is 1. The molecule has 3 rings (SSSR count). The maximum Gasteiger partial charge on any atom is 0.416 e. The average Bonchev–Trinajstić information content (AvgIpc) is 2.91. The molecule has 1 aliphatic heterocycles. The summed E-state index contributed by atoms with van der Waals surface area (Å²) in [5, 5.41) is 16.9. The van der Waals surface area contributed by atoms with Crippen LogP contribution >= 0.6 is 11.8 Å². The van der Waals surface area contributed by atoms with E-state index in [9.17, 15) is 32.3 Å². The summed E-state index contributed by atoms with van der Waals surface area (Å²) in [4.78, 5) is 27.8. The van der Waals surface area contributed by atoms with Gasteiger partial charge in [-0.3, -0.25) is 9.59 Å². The van der Waals surface area contributed by atoms with Crippen molar-refractivity contribution < 1.29 is 37.0 Å². The van der Waals surface area contributed by atoms with E-state index in [4.69, 9.17) is 4.74 Å². The third-order valence-electron chi connectivity index (χ3n) is 6.93. The zero-order valence-electron chi connectivity index (χ0n) is 23.2. The number of aliphatic hydroxyl groups is 1. The summed E-state index contributed by atoms with van der Waals surface area (Å²) >= 11 is 1.54. The first-order valence-corrected chi connectivity index (χ1v) is 14.9. The third-order valence-corrected chi connectivity index (χ3v) is 7.57. The van der Waals surface area contributed by atoms with Crippen molar-refractivity contribution in [2.75, 3.05) is 32.2 Å². The van der Waals surface area contributed by atoms with Crippen molar-refractivity contribution in [3.63, 3.8) is 0 Å². The van der Waals surface area contributed by atoms with Crippen LogP contribution in [0.1, 0.15) is 42.4 Å². The Hall–Kier alpha value is -2.83. The minimum atomic E-state index is -4.47. The fraction of sp³-hybridized carbons (Fsp3) is 0.517. The van der Waals surface area contributed by atoms with Crippen LogP contribution in [0.5, 0.6) is 5.75 Å². The number of halogens is 4. The van der Waals surface area contributed by atoms with Crippen molar-refractivity contribution >= 4 is 23.6 Å². The zero-order chi connectivity index (χ0) is 30.0. The molecule has 0 saturated carbocycles. The van der Waals surface area contributed by atoms with E-state index in [2.05, 4.69) is 10.6 Å². The van der Waals surface area contributed by atoms with Gasteiger partial charge in [0.1, 0.15) is 17.6 Å². The number of nitrogens with zero attached hydrogens (tertiary/aromatic N) is 1. The molecule has 7 nitrogen and oxygen atoms in total. The van der Waals surface area contributed by atoms with Gasteiger partial charge in [-0.05, 0) is 67.0 Å². The van der Waals surface area contributed by atoms with E-state index in [0.717, 1.165) is 12.1 Å². The highest BCUT2D eigenvalue weighted by Crippen LogP contribution is 2.29. The van der Waals surface area contributed by atoms with Crippen molar-refractivity contribution in [1.82, 2.24) is 15.5 Å². The Bertz CT molecular complexity index is 1170. The fourth-order valence-corrected chi connectivity index (χ4v) is 5.11. The molecule has 12 heteroatoms. The summed E-state index contributed by atoms with van der Waals surface area (Å²) in [6, 6.07) is 7.40. The maximum atomic E-state index is 14.4. The Morgan fingerprint density at radius 3 is 2.71 bits per heavy atom. The first kappa shape index (κ1) is 32.7. The van der Waals surface area contributed by atoms with Gasteiger partial charge in [-0.2, -0.15) is 24.9 Å². The molecule has 3 atom stereocenters. The van der Waals surface area contributed by atoms with Crippen molar-refractivity contribution in [3.05, 3.63) is 65.0 Å². The van der Waals surface area contributed by atoms with Crippen LogP contribution in [0.4, 0.5) is 17.6 Å². The van der Waals surface area contributed by atoms with E-state index in [0.29, 0.717) is 48.5 Å². The summed E-state index contributed by atoms with van der Waals surface area (Å²) in [5.74, 6) is -0.231. The van der Waals surface area contributed by atoms with Crippen LogP contribution in [0.2, 0.25) is 0 Å². The van der Waals surface area contributed by atoms with Gasteiger partial charge in [0.25, 0.3) is 0 Å². The number of benzene rings is 2. The molecule has 0 aromatic heterocycles. The number of nitrogens with one attached hydrogen (secondary N) is 2. The first-order valence-electron chi connectivity index (χ1n) is 13.5. The van der Waals surface area contributed by atoms with Gasteiger partial charge in [0.15, 0.2) is 0 Å². The lowest BCUT2D eigenvalue weighted by Gasteiger charge is -2.31. The number of carbonyl (C=O) groups excluding carboxylic acids is 2. The molecular weight excluding hydrogens is 562 g/mol. The Morgan fingerprint density at radius 2 is 1.98 bits per heavy atom. The lowest BCUT2D eigenvalue weighted by atomic mass is 9.99. The van der Waals surface area contributed by atoms with E-state index < -0.39 is 41.7 Å². The standard InChI is InChI=1S/C29H37F4N3O4S/c1-36-25(9-11-41-2)28(39)35-24(26(37)18-34-17-19-6-5-7-21(12-19)29(31,32)33)15-20-13-22(30)16-23(14-20)40-10-4-3-8-27(36)38/h5-7,12-14,16,24-26,34,37H,3-4,8-11,15,17-18H2,1-2H3,(H,35,39). The van der Waals surface area contributed by atoms with Gasteiger partial charge < -0.3 is 25.4 Å². The molecule has 1 aliphatic rings. The SMILES string of the molecule is CSCCC1C(=O)NC(C(O)CNCc2cccc(C(F)(F)F)c2)Cc2cc(F)cc(c2)OCCCCC(=O)N1C. The number of amides is 2. The Labute approximate surface area is 242 Å². The summed E-state index contributed by atoms with van der Waals surface area (Å²) in [5.41, 5.74) is 0.0926. The molecule has 1 heterocycles. The quantitative estimate of drug-likeness (QED) is 0.395. The van der Waals surface area contributed by atoms with Crippen molar-refractivity contribution in [2.45, 2.75) is 63.0 Å². The van der Waals surface area contributed by atoms with Crippen LogP contribution in [0.25, 0.3) is 0 Å². The molecule has 2 amide bonds. The molecule has 3 N–H and O–H groups in total. The molecule has 2 aromatic rings. The van der Waals surface area contributed by atoms with Crippen molar-refractivity contribution in [3.8, 4) is 5.75 Å². The second-order valence-electron chi connectivity index (χ2n) is 10.1. The van der Waals surface area contributed by atoms with Crippen LogP contribution in [0.3, 0.4) is 0 Å². The number of likely N-dealkylation sites (N-methyl/N-ethyl adjacent to an activating group) is 1. The second-order valence-corrected chi connectivity index (χ2v) is 11.1. The molecular formula is C29H37F4N3O4S. The van der Waals surface area contributed by atoms with Crippen LogP contribution in [-0.2, 0) is 28.7 Å². The third kappa shape index (κ3) is 10.2. The molecule has 41 heavy (non-hydrogen) atoms. The summed E-state index contributed by atoms with van der Waals surface area (Å²) < 4.78 is 59.3. The highest BCUT2D eigenvalue weighted by Gasteiger charge is 2.32. The van der Waals surface area contributed by atoms with Gasteiger partial charge in [0.2, 0.25) is 11.8 Å². The molecule has 0 radical (unpaired) electrons. The van der Waals surface area contributed by atoms with Gasteiger partial charge in [0, 0.05) is 32.6 Å². The number of aliphatic hydroxyl groups excluding tert-OH is 1. The first-order chi connectivity index (χ1) is 19.5. The van der Waals surface area contributed by atoms with Crippen LogP contribution < -0.4 is 15.4 Å². The number of hydrogen-bond donors (Lipinski definition) is 3. The normalized spacial score (nSPS) is 20.0. The molecule has 0 aliphatic carbocycles. The minimum Gasteiger partial charge on any atom is -0.493 e. The number of carbonyl (C=O) groups is 2. The number of fused-ring (bicyclic) bond motifs is 2. The Kier molecular flexibility index (Phi) is 12.3. The number of hydrogen-bond acceptors (Lipinski definition) is 6. The largest absolute Gasteiger partial charge is 0.493 e. The summed E-state index contributed by atoms with van der Waals surface area (Å²) in [6.07, 6.45) is -1.96. The van der Waals surface area contributed by atoms with E-state index in [-0.39, 0.29) is 31.8 Å². The van der Waals surface area contributed by atoms with E-state index in [1.807, 2.05) is 6.26 Å². The second kappa shape index (κ2) is 15.4. The maximum absolute atomic E-state index is 14.4. The van der Waals surface area contributed by atoms with Crippen LogP contribution in [0.15, 0.2) is 42.5 Å². The monoisotopic (exact) mass is 599 g/mol. The van der Waals surface area contributed by atoms with Crippen LogP contribution in [-0.4, -0.2) is 72.2 Å². The van der Waals surface area contributed by atoms with Crippen molar-refractivity contribution in [1.29, 1.82) is 0 Å². The lowest BCUT2D eigenvalue weighted by molar-refractivity contribution is -0.139. The van der Waals surface area contributed by atoms with Gasteiger partial charge in [-0.25, -0.2) is 4.39 Å². The molecule has 0 spiro atoms. The molecule has 2 aromatic carbocycles. The lowest BCUT2D eigenvalue weighted by Crippen LogP contribution is -2.55. The van der Waals surface area contributed by atoms with E-state index in [1.165, 1.54) is 40.9 Å².